The average molecular weight is 274 g/mol. The third kappa shape index (κ3) is 2.26. The molecule has 0 saturated heterocycles. The molecule has 0 aliphatic heterocycles. The van der Waals surface area contributed by atoms with E-state index >= 15 is 0 Å². The number of nitrogens with one attached hydrogen (secondary N) is 1. The van der Waals surface area contributed by atoms with Gasteiger partial charge in [-0.2, -0.15) is 0 Å². The van der Waals surface area contributed by atoms with Crippen LogP contribution in [0.2, 0.25) is 0 Å². The smallest absolute Gasteiger partial charge is 0.184 e. The molecule has 1 unspecified atom stereocenters. The van der Waals surface area contributed by atoms with Gasteiger partial charge in [-0.05, 0) is 43.0 Å². The molecule has 1 aromatic carbocycles. The molecular formula is C14H14N2S2. The third-order valence-electron chi connectivity index (χ3n) is 2.85. The summed E-state index contributed by atoms with van der Waals surface area (Å²) in [6.07, 6.45) is 0. The standard InChI is InChI=1S/C14H14N2S2/c1-9-5-6-13-11(8-9)16-14(18-13)15-10(2)12-4-3-7-17-12/h3-8,10H,1-2H3,(H,15,16). The molecule has 0 spiro atoms. The fourth-order valence-electron chi connectivity index (χ4n) is 1.89. The lowest BCUT2D eigenvalue weighted by molar-refractivity contribution is 0.905. The quantitative estimate of drug-likeness (QED) is 0.739. The predicted octanol–water partition coefficient (Wildman–Crippen LogP) is 4.84. The van der Waals surface area contributed by atoms with Gasteiger partial charge < -0.3 is 5.32 Å². The molecule has 0 fully saturated rings. The van der Waals surface area contributed by atoms with Crippen LogP contribution < -0.4 is 5.32 Å². The average Bonchev–Trinajstić information content (AvgIpc) is 2.95. The van der Waals surface area contributed by atoms with Gasteiger partial charge in [-0.1, -0.05) is 23.5 Å². The zero-order valence-electron chi connectivity index (χ0n) is 10.3. The van der Waals surface area contributed by atoms with E-state index in [-0.39, 0.29) is 0 Å². The zero-order chi connectivity index (χ0) is 12.5. The van der Waals surface area contributed by atoms with Crippen LogP contribution in [0.5, 0.6) is 0 Å². The van der Waals surface area contributed by atoms with Crippen molar-refractivity contribution in [1.82, 2.24) is 4.98 Å². The predicted molar refractivity (Wildman–Crippen MR) is 80.7 cm³/mol. The SMILES string of the molecule is Cc1ccc2sc(NC(C)c3cccs3)nc2c1. The summed E-state index contributed by atoms with van der Waals surface area (Å²) in [5.74, 6) is 0. The van der Waals surface area contributed by atoms with Crippen molar-refractivity contribution < 1.29 is 0 Å². The number of fused-ring (bicyclic) bond motifs is 1. The van der Waals surface area contributed by atoms with Gasteiger partial charge in [0.25, 0.3) is 0 Å². The van der Waals surface area contributed by atoms with Crippen LogP contribution in [0.4, 0.5) is 5.13 Å². The Morgan fingerprint density at radius 3 is 2.94 bits per heavy atom. The lowest BCUT2D eigenvalue weighted by Gasteiger charge is -2.09. The number of anilines is 1. The number of aromatic nitrogens is 1. The van der Waals surface area contributed by atoms with Gasteiger partial charge in [-0.3, -0.25) is 0 Å². The normalized spacial score (nSPS) is 12.8. The fourth-order valence-corrected chi connectivity index (χ4v) is 3.56. The summed E-state index contributed by atoms with van der Waals surface area (Å²) in [5.41, 5.74) is 2.34. The van der Waals surface area contributed by atoms with E-state index in [2.05, 4.69) is 59.9 Å². The Balaban J connectivity index is 1.86. The Labute approximate surface area is 114 Å². The molecule has 0 saturated carbocycles. The van der Waals surface area contributed by atoms with Crippen LogP contribution in [0.15, 0.2) is 35.7 Å². The molecular weight excluding hydrogens is 260 g/mol. The Hall–Kier alpha value is -1.39. The number of benzene rings is 1. The monoisotopic (exact) mass is 274 g/mol. The minimum atomic E-state index is 0.312. The summed E-state index contributed by atoms with van der Waals surface area (Å²) in [6, 6.07) is 11.0. The van der Waals surface area contributed by atoms with Crippen LogP contribution in [0.25, 0.3) is 10.2 Å². The topological polar surface area (TPSA) is 24.9 Å². The van der Waals surface area contributed by atoms with Crippen molar-refractivity contribution in [3.05, 3.63) is 46.2 Å². The van der Waals surface area contributed by atoms with E-state index in [9.17, 15) is 0 Å². The maximum Gasteiger partial charge on any atom is 0.184 e. The zero-order valence-corrected chi connectivity index (χ0v) is 11.9. The molecule has 0 aliphatic rings. The molecule has 3 rings (SSSR count). The van der Waals surface area contributed by atoms with Crippen molar-refractivity contribution in [3.63, 3.8) is 0 Å². The molecule has 2 nitrogen and oxygen atoms in total. The molecule has 3 aromatic rings. The number of thiophene rings is 1. The summed E-state index contributed by atoms with van der Waals surface area (Å²) >= 11 is 3.49. The lowest BCUT2D eigenvalue weighted by Crippen LogP contribution is -2.03. The van der Waals surface area contributed by atoms with Crippen LogP contribution >= 0.6 is 22.7 Å². The first-order valence-corrected chi connectivity index (χ1v) is 7.59. The van der Waals surface area contributed by atoms with Crippen LogP contribution in [0, 0.1) is 6.92 Å². The Morgan fingerprint density at radius 1 is 1.28 bits per heavy atom. The first kappa shape index (κ1) is 11.7. The summed E-state index contributed by atoms with van der Waals surface area (Å²) in [7, 11) is 0. The van der Waals surface area contributed by atoms with Gasteiger partial charge >= 0.3 is 0 Å². The van der Waals surface area contributed by atoms with Crippen molar-refractivity contribution in [3.8, 4) is 0 Å². The third-order valence-corrected chi connectivity index (χ3v) is 4.88. The van der Waals surface area contributed by atoms with Gasteiger partial charge in [0.1, 0.15) is 0 Å². The largest absolute Gasteiger partial charge is 0.354 e. The number of nitrogens with zero attached hydrogens (tertiary/aromatic N) is 1. The number of thiazole rings is 1. The highest BCUT2D eigenvalue weighted by Gasteiger charge is 2.09. The molecule has 2 aromatic heterocycles. The van der Waals surface area contributed by atoms with Gasteiger partial charge in [-0.25, -0.2) is 4.98 Å². The highest BCUT2D eigenvalue weighted by atomic mass is 32.1. The molecule has 2 heterocycles. The van der Waals surface area contributed by atoms with E-state index in [1.54, 1.807) is 22.7 Å². The van der Waals surface area contributed by atoms with Gasteiger partial charge in [-0.15, -0.1) is 11.3 Å². The molecule has 4 heteroatoms. The number of hydrogen-bond donors (Lipinski definition) is 1. The van der Waals surface area contributed by atoms with Gasteiger partial charge in [0, 0.05) is 4.88 Å². The Kier molecular flexibility index (Phi) is 3.06. The minimum Gasteiger partial charge on any atom is -0.354 e. The molecule has 0 radical (unpaired) electrons. The van der Waals surface area contributed by atoms with Crippen LogP contribution in [0.3, 0.4) is 0 Å². The molecule has 1 N–H and O–H groups in total. The van der Waals surface area contributed by atoms with Gasteiger partial charge in [0.15, 0.2) is 5.13 Å². The molecule has 92 valence electrons. The van der Waals surface area contributed by atoms with Gasteiger partial charge in [0.2, 0.25) is 0 Å². The molecule has 0 aliphatic carbocycles. The second-order valence-corrected chi connectivity index (χ2v) is 6.38. The van der Waals surface area contributed by atoms with E-state index in [1.165, 1.54) is 15.1 Å². The van der Waals surface area contributed by atoms with Crippen LogP contribution in [-0.2, 0) is 0 Å². The summed E-state index contributed by atoms with van der Waals surface area (Å²) in [4.78, 5) is 5.97. The molecule has 0 amide bonds. The fraction of sp³-hybridized carbons (Fsp3) is 0.214. The molecule has 1 atom stereocenters. The molecule has 18 heavy (non-hydrogen) atoms. The lowest BCUT2D eigenvalue weighted by atomic mass is 10.2. The summed E-state index contributed by atoms with van der Waals surface area (Å²) < 4.78 is 1.24. The second-order valence-electron chi connectivity index (χ2n) is 4.37. The maximum atomic E-state index is 4.64. The summed E-state index contributed by atoms with van der Waals surface area (Å²) in [6.45, 7) is 4.27. The first-order chi connectivity index (χ1) is 8.72. The van der Waals surface area contributed by atoms with Gasteiger partial charge in [0.05, 0.1) is 16.3 Å². The summed E-state index contributed by atoms with van der Waals surface area (Å²) in [5, 5.41) is 6.57. The van der Waals surface area contributed by atoms with Crippen molar-refractivity contribution in [2.75, 3.05) is 5.32 Å². The van der Waals surface area contributed by atoms with Crippen LogP contribution in [0.1, 0.15) is 23.4 Å². The first-order valence-electron chi connectivity index (χ1n) is 5.89. The van der Waals surface area contributed by atoms with Crippen molar-refractivity contribution in [2.45, 2.75) is 19.9 Å². The highest BCUT2D eigenvalue weighted by Crippen LogP contribution is 2.30. The minimum absolute atomic E-state index is 0.312. The van der Waals surface area contributed by atoms with E-state index in [0.29, 0.717) is 6.04 Å². The highest BCUT2D eigenvalue weighted by molar-refractivity contribution is 7.22. The van der Waals surface area contributed by atoms with Crippen LogP contribution in [-0.4, -0.2) is 4.98 Å². The number of aryl methyl sites for hydroxylation is 1. The Bertz CT molecular complexity index is 656. The Morgan fingerprint density at radius 2 is 2.17 bits per heavy atom. The van der Waals surface area contributed by atoms with E-state index in [0.717, 1.165) is 10.6 Å². The number of rotatable bonds is 3. The maximum absolute atomic E-state index is 4.64. The molecule has 0 bridgehead atoms. The van der Waals surface area contributed by atoms with Crippen molar-refractivity contribution >= 4 is 38.0 Å². The van der Waals surface area contributed by atoms with E-state index < -0.39 is 0 Å². The van der Waals surface area contributed by atoms with E-state index in [1.807, 2.05) is 0 Å². The van der Waals surface area contributed by atoms with Crippen molar-refractivity contribution in [2.24, 2.45) is 0 Å². The second kappa shape index (κ2) is 4.71. The van der Waals surface area contributed by atoms with Crippen molar-refractivity contribution in [1.29, 1.82) is 0 Å². The van der Waals surface area contributed by atoms with E-state index in [4.69, 9.17) is 0 Å². The number of hydrogen-bond acceptors (Lipinski definition) is 4.